The molecule has 4 nitrogen and oxygen atoms in total. The van der Waals surface area contributed by atoms with E-state index in [-0.39, 0.29) is 0 Å². The molecule has 2 fully saturated rings. The Labute approximate surface area is 100 Å². The molecule has 17 heavy (non-hydrogen) atoms. The summed E-state index contributed by atoms with van der Waals surface area (Å²) in [5, 5.41) is 11.0. The van der Waals surface area contributed by atoms with Crippen molar-refractivity contribution in [2.45, 2.75) is 12.6 Å². The minimum atomic E-state index is -1.96. The van der Waals surface area contributed by atoms with Crippen LogP contribution in [0.4, 0.5) is 0 Å². The van der Waals surface area contributed by atoms with E-state index >= 15 is 0 Å². The second kappa shape index (κ2) is 2.75. The van der Waals surface area contributed by atoms with Crippen molar-refractivity contribution in [3.05, 3.63) is 29.8 Å². The van der Waals surface area contributed by atoms with Crippen LogP contribution in [0.2, 0.25) is 0 Å². The van der Waals surface area contributed by atoms with Gasteiger partial charge in [-0.25, -0.2) is 0 Å². The highest BCUT2D eigenvalue weighted by Crippen LogP contribution is 2.51. The fourth-order valence-corrected chi connectivity index (χ4v) is 4.20. The molecule has 0 amide bonds. The molecule has 0 saturated carbocycles. The quantitative estimate of drug-likeness (QED) is 0.635. The van der Waals surface area contributed by atoms with Crippen molar-refractivity contribution in [1.29, 1.82) is 0 Å². The zero-order valence-electron chi connectivity index (χ0n) is 9.93. The Morgan fingerprint density at radius 2 is 2.06 bits per heavy atom. The summed E-state index contributed by atoms with van der Waals surface area (Å²) >= 11 is 0. The molecule has 1 N–H and O–H groups in total. The van der Waals surface area contributed by atoms with Gasteiger partial charge < -0.3 is 18.8 Å². The van der Waals surface area contributed by atoms with Crippen LogP contribution in [-0.2, 0) is 15.1 Å². The van der Waals surface area contributed by atoms with Crippen LogP contribution in [0.1, 0.15) is 12.5 Å². The Morgan fingerprint density at radius 3 is 2.94 bits per heavy atom. The van der Waals surface area contributed by atoms with Gasteiger partial charge >= 0.3 is 6.69 Å². The number of hydrogen-bond acceptors (Lipinski definition) is 3. The van der Waals surface area contributed by atoms with E-state index in [4.69, 9.17) is 9.39 Å². The van der Waals surface area contributed by atoms with Gasteiger partial charge in [0, 0.05) is 12.5 Å². The second-order valence-corrected chi connectivity index (χ2v) is 5.47. The van der Waals surface area contributed by atoms with Crippen LogP contribution in [-0.4, -0.2) is 42.4 Å². The van der Waals surface area contributed by atoms with Crippen LogP contribution in [0.15, 0.2) is 24.3 Å². The van der Waals surface area contributed by atoms with Gasteiger partial charge in [0.2, 0.25) is 0 Å². The SMILES string of the molecule is C[C@@]12OCC[N@@+]13CCO[B-]3(O)c1ccccc12. The molecule has 0 radical (unpaired) electrons. The molecule has 0 bridgehead atoms. The number of rotatable bonds is 0. The zero-order valence-corrected chi connectivity index (χ0v) is 9.93. The third-order valence-corrected chi connectivity index (χ3v) is 5.10. The van der Waals surface area contributed by atoms with E-state index < -0.39 is 12.4 Å². The van der Waals surface area contributed by atoms with Crippen LogP contribution >= 0.6 is 0 Å². The Hall–Kier alpha value is -0.875. The predicted octanol–water partition coefficient (Wildman–Crippen LogP) is -0.112. The molecule has 0 aromatic heterocycles. The highest BCUT2D eigenvalue weighted by Gasteiger charge is 2.71. The highest BCUT2D eigenvalue weighted by atomic mass is 16.6. The molecular formula is C12H16BNO3. The highest BCUT2D eigenvalue weighted by molar-refractivity contribution is 6.75. The summed E-state index contributed by atoms with van der Waals surface area (Å²) in [6.45, 7) is 3.11. The fourth-order valence-electron chi connectivity index (χ4n) is 4.20. The lowest BCUT2D eigenvalue weighted by Gasteiger charge is -2.49. The van der Waals surface area contributed by atoms with Gasteiger partial charge in [0.1, 0.15) is 0 Å². The molecule has 1 aromatic rings. The normalized spacial score (nSPS) is 46.7. The molecule has 3 atom stereocenters. The lowest BCUT2D eigenvalue weighted by atomic mass is 9.63. The monoisotopic (exact) mass is 233 g/mol. The molecule has 90 valence electrons. The molecule has 1 spiro atoms. The van der Waals surface area contributed by atoms with Crippen molar-refractivity contribution in [2.24, 2.45) is 0 Å². The second-order valence-electron chi connectivity index (χ2n) is 5.47. The van der Waals surface area contributed by atoms with Gasteiger partial charge in [-0.3, -0.25) is 0 Å². The largest absolute Gasteiger partial charge is 0.524 e. The molecule has 4 rings (SSSR count). The minimum absolute atomic E-state index is 0.429. The summed E-state index contributed by atoms with van der Waals surface area (Å²) in [5.74, 6) is 0. The standard InChI is InChI=1S/C12H16BNO3/c1-12-10-4-2-3-5-11(10)13(15)14(12,6-8-16-12)7-9-17-13/h2-5,15H,6-9H2,1H3/t12-,13?,14+/m0/s1. The maximum Gasteiger partial charge on any atom is 0.503 e. The third-order valence-electron chi connectivity index (χ3n) is 5.10. The molecule has 2 saturated heterocycles. The maximum atomic E-state index is 11.0. The Bertz CT molecular complexity index is 463. The summed E-state index contributed by atoms with van der Waals surface area (Å²) in [7, 11) is 0. The first-order valence-electron chi connectivity index (χ1n) is 6.26. The lowest BCUT2D eigenvalue weighted by Crippen LogP contribution is -2.70. The van der Waals surface area contributed by atoms with E-state index in [9.17, 15) is 5.02 Å². The number of ether oxygens (including phenoxy) is 1. The molecule has 1 unspecified atom stereocenters. The van der Waals surface area contributed by atoms with E-state index in [0.717, 1.165) is 24.1 Å². The summed E-state index contributed by atoms with van der Waals surface area (Å²) in [6.07, 6.45) is 0. The van der Waals surface area contributed by atoms with Crippen molar-refractivity contribution in [2.75, 3.05) is 26.3 Å². The van der Waals surface area contributed by atoms with Crippen molar-refractivity contribution >= 4 is 12.1 Å². The number of quaternary nitrogens is 1. The first-order chi connectivity index (χ1) is 8.14. The number of nitrogens with zero attached hydrogens (tertiary/aromatic N) is 1. The minimum Gasteiger partial charge on any atom is -0.524 e. The van der Waals surface area contributed by atoms with E-state index in [0.29, 0.717) is 17.6 Å². The van der Waals surface area contributed by atoms with Crippen LogP contribution < -0.4 is 5.46 Å². The first-order valence-corrected chi connectivity index (χ1v) is 6.26. The number of hydrogen-bond donors (Lipinski definition) is 1. The average molecular weight is 233 g/mol. The van der Waals surface area contributed by atoms with Gasteiger partial charge in [0.25, 0.3) is 0 Å². The van der Waals surface area contributed by atoms with Crippen molar-refractivity contribution < 1.29 is 18.8 Å². The van der Waals surface area contributed by atoms with E-state index in [1.165, 1.54) is 0 Å². The maximum absolute atomic E-state index is 11.0. The van der Waals surface area contributed by atoms with Gasteiger partial charge in [0.15, 0.2) is 5.72 Å². The smallest absolute Gasteiger partial charge is 0.503 e. The van der Waals surface area contributed by atoms with Gasteiger partial charge in [-0.05, 0) is 0 Å². The van der Waals surface area contributed by atoms with Crippen LogP contribution in [0, 0.1) is 0 Å². The molecular weight excluding hydrogens is 217 g/mol. The Balaban J connectivity index is 2.08. The predicted molar refractivity (Wildman–Crippen MR) is 63.3 cm³/mol. The van der Waals surface area contributed by atoms with E-state index in [1.807, 2.05) is 18.2 Å². The average Bonchev–Trinajstić information content (AvgIpc) is 2.89. The Kier molecular flexibility index (Phi) is 1.63. The van der Waals surface area contributed by atoms with Gasteiger partial charge in [-0.1, -0.05) is 29.7 Å². The zero-order chi connectivity index (χ0) is 11.7. The van der Waals surface area contributed by atoms with Gasteiger partial charge in [0.05, 0.1) is 26.3 Å². The molecule has 3 heterocycles. The lowest BCUT2D eigenvalue weighted by molar-refractivity contribution is -0.893. The van der Waals surface area contributed by atoms with E-state index in [1.54, 1.807) is 0 Å². The molecule has 3 aliphatic rings. The number of benzene rings is 1. The Morgan fingerprint density at radius 1 is 1.29 bits per heavy atom. The topological polar surface area (TPSA) is 38.7 Å². The summed E-state index contributed by atoms with van der Waals surface area (Å²) in [6, 6.07) is 8.00. The molecule has 5 heteroatoms. The van der Waals surface area contributed by atoms with Crippen LogP contribution in [0.3, 0.4) is 0 Å². The molecule has 1 aromatic carbocycles. The molecule has 3 aliphatic heterocycles. The third kappa shape index (κ3) is 0.827. The summed E-state index contributed by atoms with van der Waals surface area (Å²) in [5.41, 5.74) is 1.61. The van der Waals surface area contributed by atoms with Crippen molar-refractivity contribution in [3.63, 3.8) is 0 Å². The van der Waals surface area contributed by atoms with Gasteiger partial charge in [-0.2, -0.15) is 0 Å². The van der Waals surface area contributed by atoms with Crippen molar-refractivity contribution in [3.8, 4) is 0 Å². The van der Waals surface area contributed by atoms with Crippen LogP contribution in [0.25, 0.3) is 0 Å². The fraction of sp³-hybridized carbons (Fsp3) is 0.500. The van der Waals surface area contributed by atoms with E-state index in [2.05, 4.69) is 13.0 Å². The van der Waals surface area contributed by atoms with Gasteiger partial charge in [-0.15, -0.1) is 0 Å². The first kappa shape index (κ1) is 10.1. The number of fused-ring (bicyclic) bond motifs is 3. The van der Waals surface area contributed by atoms with Crippen molar-refractivity contribution in [1.82, 2.24) is 0 Å². The van der Waals surface area contributed by atoms with Crippen LogP contribution in [0.5, 0.6) is 0 Å². The summed E-state index contributed by atoms with van der Waals surface area (Å²) in [4.78, 5) is 0. The summed E-state index contributed by atoms with van der Waals surface area (Å²) < 4.78 is 12.3. The molecule has 0 aliphatic carbocycles.